The molecule has 0 atom stereocenters. The lowest BCUT2D eigenvalue weighted by Gasteiger charge is -2.11. The van der Waals surface area contributed by atoms with Crippen molar-refractivity contribution < 1.29 is 0 Å². The lowest BCUT2D eigenvalue weighted by Crippen LogP contribution is -2.39. The summed E-state index contributed by atoms with van der Waals surface area (Å²) in [5.74, 6) is 0. The predicted octanol–water partition coefficient (Wildman–Crippen LogP) is -0.103. The maximum absolute atomic E-state index is 3.77. The summed E-state index contributed by atoms with van der Waals surface area (Å²) in [5.41, 5.74) is 1.11. The zero-order chi connectivity index (χ0) is 8.65. The minimum absolute atomic E-state index is 1.11. The average molecular weight is 168 g/mol. The molecule has 4 heteroatoms. The minimum Gasteiger partial charge on any atom is -0.349 e. The fourth-order valence-electron chi connectivity index (χ4n) is 0.929. The highest BCUT2D eigenvalue weighted by molar-refractivity contribution is 4.87. The van der Waals surface area contributed by atoms with Crippen molar-refractivity contribution in [2.45, 2.75) is 6.92 Å². The molecule has 0 unspecified atom stereocenters. The molecular formula is C8H16N4. The van der Waals surface area contributed by atoms with Crippen molar-refractivity contribution in [2.24, 2.45) is 0 Å². The molecule has 1 aliphatic rings. The summed E-state index contributed by atoms with van der Waals surface area (Å²) in [4.78, 5) is 6.66. The van der Waals surface area contributed by atoms with Crippen LogP contribution in [0.25, 0.3) is 0 Å². The van der Waals surface area contributed by atoms with Gasteiger partial charge in [-0.05, 0) is 6.92 Å². The highest BCUT2D eigenvalue weighted by Gasteiger charge is 1.91. The first-order chi connectivity index (χ1) is 5.89. The summed E-state index contributed by atoms with van der Waals surface area (Å²) in [6.07, 6.45) is 3.44. The third-order valence-electron chi connectivity index (χ3n) is 1.59. The Bertz CT molecular complexity index is 167. The Morgan fingerprint density at radius 2 is 1.75 bits per heavy atom. The molecule has 0 radical (unpaired) electrons. The van der Waals surface area contributed by atoms with Crippen LogP contribution < -0.4 is 10.6 Å². The molecule has 4 nitrogen and oxygen atoms in total. The lowest BCUT2D eigenvalue weighted by molar-refractivity contribution is 0.534. The summed E-state index contributed by atoms with van der Waals surface area (Å²) in [7, 11) is 0. The molecule has 0 amide bonds. The van der Waals surface area contributed by atoms with Crippen LogP contribution in [0.5, 0.6) is 0 Å². The molecule has 0 aromatic carbocycles. The van der Waals surface area contributed by atoms with Crippen molar-refractivity contribution in [2.75, 3.05) is 26.2 Å². The SMILES string of the molecule is C1CNCCN1.Cc1cnc[nH]1. The number of aromatic amines is 1. The van der Waals surface area contributed by atoms with E-state index in [1.165, 1.54) is 0 Å². The molecule has 2 heterocycles. The van der Waals surface area contributed by atoms with Crippen LogP contribution in [0.1, 0.15) is 5.69 Å². The maximum atomic E-state index is 3.77. The molecule has 0 aliphatic carbocycles. The quantitative estimate of drug-likeness (QED) is 0.507. The number of nitrogens with zero attached hydrogens (tertiary/aromatic N) is 1. The van der Waals surface area contributed by atoms with Crippen molar-refractivity contribution >= 4 is 0 Å². The zero-order valence-electron chi connectivity index (χ0n) is 7.43. The van der Waals surface area contributed by atoms with Crippen LogP contribution in [0.15, 0.2) is 12.5 Å². The summed E-state index contributed by atoms with van der Waals surface area (Å²) in [6.45, 7) is 6.52. The van der Waals surface area contributed by atoms with Gasteiger partial charge in [-0.3, -0.25) is 0 Å². The first-order valence-corrected chi connectivity index (χ1v) is 4.26. The van der Waals surface area contributed by atoms with Gasteiger partial charge in [0.1, 0.15) is 0 Å². The van der Waals surface area contributed by atoms with E-state index in [1.807, 2.05) is 6.92 Å². The molecular weight excluding hydrogens is 152 g/mol. The van der Waals surface area contributed by atoms with Gasteiger partial charge in [0.15, 0.2) is 0 Å². The van der Waals surface area contributed by atoms with Crippen LogP contribution in [-0.4, -0.2) is 36.1 Å². The van der Waals surface area contributed by atoms with Crippen molar-refractivity contribution in [3.63, 3.8) is 0 Å². The number of rotatable bonds is 0. The van der Waals surface area contributed by atoms with E-state index >= 15 is 0 Å². The lowest BCUT2D eigenvalue weighted by atomic mass is 10.4. The molecule has 1 aromatic rings. The molecule has 68 valence electrons. The minimum atomic E-state index is 1.11. The van der Waals surface area contributed by atoms with Crippen molar-refractivity contribution in [3.8, 4) is 0 Å². The Morgan fingerprint density at radius 3 is 1.92 bits per heavy atom. The Hall–Kier alpha value is -0.870. The van der Waals surface area contributed by atoms with Gasteiger partial charge in [-0.15, -0.1) is 0 Å². The van der Waals surface area contributed by atoms with Gasteiger partial charge in [-0.25, -0.2) is 4.98 Å². The predicted molar refractivity (Wildman–Crippen MR) is 49.1 cm³/mol. The van der Waals surface area contributed by atoms with Crippen LogP contribution >= 0.6 is 0 Å². The molecule has 0 saturated carbocycles. The molecule has 2 rings (SSSR count). The van der Waals surface area contributed by atoms with Crippen molar-refractivity contribution in [1.29, 1.82) is 0 Å². The van der Waals surface area contributed by atoms with E-state index in [0.29, 0.717) is 0 Å². The van der Waals surface area contributed by atoms with Crippen LogP contribution in [0.3, 0.4) is 0 Å². The van der Waals surface area contributed by atoms with E-state index in [9.17, 15) is 0 Å². The number of nitrogens with one attached hydrogen (secondary N) is 3. The van der Waals surface area contributed by atoms with Gasteiger partial charge in [0.05, 0.1) is 6.33 Å². The Morgan fingerprint density at radius 1 is 1.17 bits per heavy atom. The second-order valence-corrected chi connectivity index (χ2v) is 2.73. The molecule has 1 saturated heterocycles. The van der Waals surface area contributed by atoms with Crippen LogP contribution in [0, 0.1) is 6.92 Å². The number of hydrogen-bond acceptors (Lipinski definition) is 3. The smallest absolute Gasteiger partial charge is 0.0921 e. The first-order valence-electron chi connectivity index (χ1n) is 4.26. The zero-order valence-corrected chi connectivity index (χ0v) is 7.43. The number of aromatic nitrogens is 2. The third-order valence-corrected chi connectivity index (χ3v) is 1.59. The first kappa shape index (κ1) is 9.22. The summed E-state index contributed by atoms with van der Waals surface area (Å²) in [6, 6.07) is 0. The standard InChI is InChI=1S/C4H6N2.C4H10N2/c1-4-2-5-3-6-4;1-2-6-4-3-5-1/h2-3H,1H3,(H,5,6);5-6H,1-4H2. The molecule has 3 N–H and O–H groups in total. The largest absolute Gasteiger partial charge is 0.349 e. The Kier molecular flexibility index (Phi) is 4.41. The van der Waals surface area contributed by atoms with Gasteiger partial charge in [0.2, 0.25) is 0 Å². The number of aryl methyl sites for hydroxylation is 1. The monoisotopic (exact) mass is 168 g/mol. The van der Waals surface area contributed by atoms with Crippen LogP contribution in [0.4, 0.5) is 0 Å². The average Bonchev–Trinajstić information content (AvgIpc) is 2.60. The van der Waals surface area contributed by atoms with E-state index in [4.69, 9.17) is 0 Å². The fourth-order valence-corrected chi connectivity index (χ4v) is 0.929. The molecule has 0 spiro atoms. The number of H-pyrrole nitrogens is 1. The fraction of sp³-hybridized carbons (Fsp3) is 0.625. The highest BCUT2D eigenvalue weighted by Crippen LogP contribution is 1.81. The molecule has 12 heavy (non-hydrogen) atoms. The number of imidazole rings is 1. The van der Waals surface area contributed by atoms with Gasteiger partial charge < -0.3 is 15.6 Å². The van der Waals surface area contributed by atoms with Gasteiger partial charge in [0, 0.05) is 38.1 Å². The van der Waals surface area contributed by atoms with Crippen LogP contribution in [-0.2, 0) is 0 Å². The molecule has 1 aromatic heterocycles. The van der Waals surface area contributed by atoms with E-state index in [2.05, 4.69) is 20.6 Å². The maximum Gasteiger partial charge on any atom is 0.0921 e. The van der Waals surface area contributed by atoms with Crippen LogP contribution in [0.2, 0.25) is 0 Å². The van der Waals surface area contributed by atoms with Gasteiger partial charge >= 0.3 is 0 Å². The molecule has 1 aliphatic heterocycles. The highest BCUT2D eigenvalue weighted by atomic mass is 15.0. The van der Waals surface area contributed by atoms with E-state index < -0.39 is 0 Å². The topological polar surface area (TPSA) is 52.7 Å². The Labute approximate surface area is 72.8 Å². The summed E-state index contributed by atoms with van der Waals surface area (Å²) < 4.78 is 0. The molecule has 1 fully saturated rings. The summed E-state index contributed by atoms with van der Waals surface area (Å²) in [5, 5.41) is 6.44. The Balaban J connectivity index is 0.000000120. The second kappa shape index (κ2) is 5.74. The van der Waals surface area contributed by atoms with Crippen molar-refractivity contribution in [3.05, 3.63) is 18.2 Å². The summed E-state index contributed by atoms with van der Waals surface area (Å²) >= 11 is 0. The van der Waals surface area contributed by atoms with Gasteiger partial charge in [0.25, 0.3) is 0 Å². The van der Waals surface area contributed by atoms with Gasteiger partial charge in [-0.2, -0.15) is 0 Å². The van der Waals surface area contributed by atoms with E-state index in [0.717, 1.165) is 31.9 Å². The number of piperazine rings is 1. The van der Waals surface area contributed by atoms with E-state index in [1.54, 1.807) is 12.5 Å². The normalized spacial score (nSPS) is 16.4. The van der Waals surface area contributed by atoms with Gasteiger partial charge in [-0.1, -0.05) is 0 Å². The third kappa shape index (κ3) is 4.10. The van der Waals surface area contributed by atoms with E-state index in [-0.39, 0.29) is 0 Å². The van der Waals surface area contributed by atoms with Crippen molar-refractivity contribution in [1.82, 2.24) is 20.6 Å². The number of hydrogen-bond donors (Lipinski definition) is 3. The molecule has 0 bridgehead atoms. The second-order valence-electron chi connectivity index (χ2n) is 2.73.